The Hall–Kier alpha value is -2.82. The Labute approximate surface area is 164 Å². The second-order valence-corrected chi connectivity index (χ2v) is 7.46. The van der Waals surface area contributed by atoms with E-state index in [1.54, 1.807) is 18.8 Å². The summed E-state index contributed by atoms with van der Waals surface area (Å²) >= 11 is 0. The lowest BCUT2D eigenvalue weighted by Gasteiger charge is -2.34. The second-order valence-electron chi connectivity index (χ2n) is 7.46. The topological polar surface area (TPSA) is 50.3 Å². The fraction of sp³-hybridized carbons (Fsp3) is 0.250. The van der Waals surface area contributed by atoms with Gasteiger partial charge in [0.25, 0.3) is 0 Å². The Balaban J connectivity index is 1.41. The van der Waals surface area contributed by atoms with Gasteiger partial charge in [-0.05, 0) is 54.8 Å². The molecule has 1 fully saturated rings. The first kappa shape index (κ1) is 17.3. The summed E-state index contributed by atoms with van der Waals surface area (Å²) in [6.45, 7) is 1.83. The molecule has 2 aromatic carbocycles. The van der Waals surface area contributed by atoms with Crippen LogP contribution in [0.1, 0.15) is 30.0 Å². The summed E-state index contributed by atoms with van der Waals surface area (Å²) in [6.07, 6.45) is 7.61. The molecular weight excluding hydrogens is 348 g/mol. The quantitative estimate of drug-likeness (QED) is 0.501. The predicted octanol–water partition coefficient (Wildman–Crippen LogP) is 5.28. The first-order chi connectivity index (χ1) is 13.9. The van der Waals surface area contributed by atoms with Crippen molar-refractivity contribution in [1.29, 1.82) is 0 Å². The van der Waals surface area contributed by atoms with Crippen LogP contribution in [0, 0.1) is 0 Å². The SMILES string of the molecule is c1ccc(C2NCCCC2NCc2cc(-c3ccoc3)cc3ccoc23)cc1. The minimum Gasteiger partial charge on any atom is -0.472 e. The third-order valence-electron chi connectivity index (χ3n) is 5.65. The maximum Gasteiger partial charge on any atom is 0.138 e. The molecule has 4 aromatic rings. The zero-order valence-electron chi connectivity index (χ0n) is 15.7. The standard InChI is InChI=1S/C24H24N2O2/c1-2-5-17(6-3-1)23-22(7-4-10-25-23)26-15-21-14-20(19-8-11-27-16-19)13-18-9-12-28-24(18)21/h1-3,5-6,8-9,11-14,16,22-23,25-26H,4,7,10,15H2. The maximum absolute atomic E-state index is 5.79. The molecule has 0 spiro atoms. The van der Waals surface area contributed by atoms with Gasteiger partial charge in [0, 0.05) is 35.1 Å². The molecule has 0 aliphatic carbocycles. The number of hydrogen-bond acceptors (Lipinski definition) is 4. The Bertz CT molecular complexity index is 1040. The summed E-state index contributed by atoms with van der Waals surface area (Å²) in [5.74, 6) is 0. The number of furan rings is 2. The van der Waals surface area contributed by atoms with Gasteiger partial charge in [-0.15, -0.1) is 0 Å². The summed E-state index contributed by atoms with van der Waals surface area (Å²) in [6, 6.07) is 19.8. The van der Waals surface area contributed by atoms with Crippen molar-refractivity contribution in [2.24, 2.45) is 0 Å². The first-order valence-electron chi connectivity index (χ1n) is 9.93. The van der Waals surface area contributed by atoms with Gasteiger partial charge in [-0.3, -0.25) is 0 Å². The Morgan fingerprint density at radius 2 is 1.93 bits per heavy atom. The molecule has 1 aliphatic heterocycles. The van der Waals surface area contributed by atoms with E-state index in [9.17, 15) is 0 Å². The van der Waals surface area contributed by atoms with Gasteiger partial charge in [0.2, 0.25) is 0 Å². The third-order valence-corrected chi connectivity index (χ3v) is 5.65. The van der Waals surface area contributed by atoms with E-state index in [1.807, 2.05) is 12.1 Å². The van der Waals surface area contributed by atoms with E-state index < -0.39 is 0 Å². The van der Waals surface area contributed by atoms with Crippen LogP contribution in [0.3, 0.4) is 0 Å². The number of piperidine rings is 1. The molecule has 0 bridgehead atoms. The minimum absolute atomic E-state index is 0.332. The van der Waals surface area contributed by atoms with E-state index in [4.69, 9.17) is 8.83 Å². The van der Waals surface area contributed by atoms with Crippen molar-refractivity contribution in [3.8, 4) is 11.1 Å². The molecule has 4 heteroatoms. The fourth-order valence-corrected chi connectivity index (χ4v) is 4.24. The molecule has 2 unspecified atom stereocenters. The van der Waals surface area contributed by atoms with Crippen LogP contribution in [-0.4, -0.2) is 12.6 Å². The monoisotopic (exact) mass is 372 g/mol. The molecule has 5 rings (SSSR count). The van der Waals surface area contributed by atoms with Gasteiger partial charge in [-0.25, -0.2) is 0 Å². The van der Waals surface area contributed by atoms with Crippen LogP contribution < -0.4 is 10.6 Å². The first-order valence-corrected chi connectivity index (χ1v) is 9.93. The smallest absolute Gasteiger partial charge is 0.138 e. The van der Waals surface area contributed by atoms with Gasteiger partial charge >= 0.3 is 0 Å². The van der Waals surface area contributed by atoms with Gasteiger partial charge in [0.1, 0.15) is 5.58 Å². The molecule has 0 amide bonds. The molecule has 142 valence electrons. The van der Waals surface area contributed by atoms with Gasteiger partial charge in [-0.2, -0.15) is 0 Å². The van der Waals surface area contributed by atoms with Crippen LogP contribution >= 0.6 is 0 Å². The molecule has 2 N–H and O–H groups in total. The number of nitrogens with one attached hydrogen (secondary N) is 2. The lowest BCUT2D eigenvalue weighted by atomic mass is 9.92. The van der Waals surface area contributed by atoms with E-state index in [-0.39, 0.29) is 0 Å². The highest BCUT2D eigenvalue weighted by Crippen LogP contribution is 2.30. The van der Waals surface area contributed by atoms with Gasteiger partial charge < -0.3 is 19.5 Å². The number of benzene rings is 2. The largest absolute Gasteiger partial charge is 0.472 e. The average molecular weight is 372 g/mol. The average Bonchev–Trinajstić information content (AvgIpc) is 3.44. The molecule has 2 aromatic heterocycles. The summed E-state index contributed by atoms with van der Waals surface area (Å²) < 4.78 is 11.1. The zero-order valence-corrected chi connectivity index (χ0v) is 15.7. The van der Waals surface area contributed by atoms with E-state index in [0.717, 1.165) is 41.6 Å². The molecule has 0 radical (unpaired) electrons. The van der Waals surface area contributed by atoms with E-state index in [1.165, 1.54) is 17.5 Å². The molecular formula is C24H24N2O2. The van der Waals surface area contributed by atoms with Crippen molar-refractivity contribution < 1.29 is 8.83 Å². The van der Waals surface area contributed by atoms with E-state index >= 15 is 0 Å². The van der Waals surface area contributed by atoms with Crippen LogP contribution in [0.4, 0.5) is 0 Å². The molecule has 28 heavy (non-hydrogen) atoms. The number of rotatable bonds is 5. The molecule has 1 aliphatic rings. The molecule has 4 nitrogen and oxygen atoms in total. The molecule has 3 heterocycles. The summed E-state index contributed by atoms with van der Waals surface area (Å²) in [4.78, 5) is 0. The van der Waals surface area contributed by atoms with Gasteiger partial charge in [-0.1, -0.05) is 30.3 Å². The summed E-state index contributed by atoms with van der Waals surface area (Å²) in [7, 11) is 0. The maximum atomic E-state index is 5.79. The number of fused-ring (bicyclic) bond motifs is 1. The molecule has 2 atom stereocenters. The lowest BCUT2D eigenvalue weighted by molar-refractivity contribution is 0.304. The summed E-state index contributed by atoms with van der Waals surface area (Å²) in [5.41, 5.74) is 5.72. The Morgan fingerprint density at radius 3 is 2.79 bits per heavy atom. The second kappa shape index (κ2) is 7.66. The van der Waals surface area contributed by atoms with Crippen molar-refractivity contribution in [3.63, 3.8) is 0 Å². The highest BCUT2D eigenvalue weighted by molar-refractivity contribution is 5.86. The van der Waals surface area contributed by atoms with Crippen LogP contribution in [0.25, 0.3) is 22.1 Å². The van der Waals surface area contributed by atoms with Crippen molar-refractivity contribution in [2.75, 3.05) is 6.54 Å². The third kappa shape index (κ3) is 3.37. The molecule has 1 saturated heterocycles. The van der Waals surface area contributed by atoms with Crippen LogP contribution in [0.15, 0.2) is 82.2 Å². The Kier molecular flexibility index (Phi) is 4.73. The van der Waals surface area contributed by atoms with Crippen LogP contribution in [-0.2, 0) is 6.54 Å². The van der Waals surface area contributed by atoms with Crippen molar-refractivity contribution in [1.82, 2.24) is 10.6 Å². The van der Waals surface area contributed by atoms with Gasteiger partial charge in [0.05, 0.1) is 18.8 Å². The van der Waals surface area contributed by atoms with Crippen molar-refractivity contribution in [3.05, 3.63) is 84.5 Å². The lowest BCUT2D eigenvalue weighted by Crippen LogP contribution is -2.45. The number of hydrogen-bond donors (Lipinski definition) is 2. The van der Waals surface area contributed by atoms with Crippen molar-refractivity contribution in [2.45, 2.75) is 31.5 Å². The highest BCUT2D eigenvalue weighted by atomic mass is 16.3. The van der Waals surface area contributed by atoms with Crippen molar-refractivity contribution >= 4 is 11.0 Å². The highest BCUT2D eigenvalue weighted by Gasteiger charge is 2.25. The normalized spacial score (nSPS) is 19.9. The fourth-order valence-electron chi connectivity index (χ4n) is 4.24. The van der Waals surface area contributed by atoms with E-state index in [0.29, 0.717) is 12.1 Å². The van der Waals surface area contributed by atoms with Crippen LogP contribution in [0.2, 0.25) is 0 Å². The Morgan fingerprint density at radius 1 is 1.00 bits per heavy atom. The van der Waals surface area contributed by atoms with E-state index in [2.05, 4.69) is 53.1 Å². The zero-order chi connectivity index (χ0) is 18.8. The van der Waals surface area contributed by atoms with Gasteiger partial charge in [0.15, 0.2) is 0 Å². The summed E-state index contributed by atoms with van der Waals surface area (Å²) in [5, 5.41) is 8.61. The van der Waals surface area contributed by atoms with Crippen LogP contribution in [0.5, 0.6) is 0 Å². The minimum atomic E-state index is 0.332. The molecule has 0 saturated carbocycles. The predicted molar refractivity (Wildman–Crippen MR) is 111 cm³/mol.